The third kappa shape index (κ3) is 11.3. The van der Waals surface area contributed by atoms with Gasteiger partial charge in [-0.15, -0.1) is 0 Å². The summed E-state index contributed by atoms with van der Waals surface area (Å²) in [7, 11) is 0. The van der Waals surface area contributed by atoms with Gasteiger partial charge in [0.1, 0.15) is 37.9 Å². The van der Waals surface area contributed by atoms with E-state index in [9.17, 15) is 9.59 Å². The Morgan fingerprint density at radius 2 is 1.36 bits per heavy atom. The van der Waals surface area contributed by atoms with Crippen LogP contribution in [0.15, 0.2) is 73.3 Å². The first-order valence-corrected chi connectivity index (χ1v) is 12.9. The molecule has 0 heterocycles. The minimum Gasteiger partial charge on any atom is -0.491 e. The highest BCUT2D eigenvalue weighted by molar-refractivity contribution is 5.86. The van der Waals surface area contributed by atoms with Gasteiger partial charge in [-0.1, -0.05) is 51.3 Å². The molecule has 1 unspecified atom stereocenters. The van der Waals surface area contributed by atoms with Gasteiger partial charge in [-0.2, -0.15) is 0 Å². The van der Waals surface area contributed by atoms with Crippen LogP contribution in [0, 0.1) is 0 Å². The molecule has 0 spiro atoms. The van der Waals surface area contributed by atoms with Gasteiger partial charge < -0.3 is 28.4 Å². The van der Waals surface area contributed by atoms with E-state index in [1.165, 1.54) is 0 Å². The molecule has 0 aromatic heterocycles. The number of carbonyl (C=O) groups excluding carboxylic acids is 2. The topological polar surface area (TPSA) is 89.5 Å². The van der Waals surface area contributed by atoms with Gasteiger partial charge in [0.15, 0.2) is 0 Å². The Hall–Kier alpha value is -3.62. The quantitative estimate of drug-likeness (QED) is 0.148. The van der Waals surface area contributed by atoms with Crippen LogP contribution in [0.3, 0.4) is 0 Å². The zero-order chi connectivity index (χ0) is 28.7. The molecule has 0 N–H and O–H groups in total. The number of hydrogen-bond donors (Lipinski definition) is 0. The third-order valence-electron chi connectivity index (χ3n) is 5.84. The number of ether oxygens (including phenoxy) is 6. The Labute approximate surface area is 231 Å². The Morgan fingerprint density at radius 3 is 1.92 bits per heavy atom. The van der Waals surface area contributed by atoms with Gasteiger partial charge in [-0.25, -0.2) is 9.59 Å². The van der Waals surface area contributed by atoms with Crippen LogP contribution in [0.4, 0.5) is 0 Å². The summed E-state index contributed by atoms with van der Waals surface area (Å²) in [5.74, 6) is 0.594. The number of hydrogen-bond acceptors (Lipinski definition) is 8. The molecule has 0 aliphatic rings. The van der Waals surface area contributed by atoms with Crippen molar-refractivity contribution < 1.29 is 38.0 Å². The molecule has 8 nitrogen and oxygen atoms in total. The van der Waals surface area contributed by atoms with Crippen LogP contribution in [-0.2, 0) is 34.0 Å². The van der Waals surface area contributed by atoms with Crippen molar-refractivity contribution in [2.45, 2.75) is 39.2 Å². The lowest BCUT2D eigenvalue weighted by molar-refractivity contribution is -0.140. The second-order valence-electron chi connectivity index (χ2n) is 9.41. The Morgan fingerprint density at radius 1 is 0.821 bits per heavy atom. The van der Waals surface area contributed by atoms with E-state index in [-0.39, 0.29) is 31.3 Å². The number of carbonyl (C=O) groups is 2. The third-order valence-corrected chi connectivity index (χ3v) is 5.84. The summed E-state index contributed by atoms with van der Waals surface area (Å²) in [5, 5.41) is 0. The number of rotatable bonds is 18. The maximum Gasteiger partial charge on any atom is 0.333 e. The molecule has 0 bridgehead atoms. The van der Waals surface area contributed by atoms with Crippen molar-refractivity contribution in [2.24, 2.45) is 0 Å². The highest BCUT2D eigenvalue weighted by atomic mass is 16.6. The minimum atomic E-state index is -0.463. The van der Waals surface area contributed by atoms with Gasteiger partial charge in [0, 0.05) is 17.1 Å². The first kappa shape index (κ1) is 31.6. The van der Waals surface area contributed by atoms with Crippen molar-refractivity contribution in [3.63, 3.8) is 0 Å². The average molecular weight is 541 g/mol. The maximum absolute atomic E-state index is 11.4. The molecule has 0 saturated carbocycles. The lowest BCUT2D eigenvalue weighted by atomic mass is 9.78. The summed E-state index contributed by atoms with van der Waals surface area (Å²) in [6, 6.07) is 16.0. The summed E-state index contributed by atoms with van der Waals surface area (Å²) >= 11 is 0. The molecule has 2 rings (SSSR count). The predicted octanol–water partition coefficient (Wildman–Crippen LogP) is 5.04. The molecule has 0 fully saturated rings. The van der Waals surface area contributed by atoms with Crippen molar-refractivity contribution in [3.8, 4) is 11.5 Å². The molecule has 0 saturated heterocycles. The van der Waals surface area contributed by atoms with Crippen molar-refractivity contribution in [1.29, 1.82) is 0 Å². The van der Waals surface area contributed by atoms with Crippen LogP contribution in [0.5, 0.6) is 11.5 Å². The molecule has 0 aliphatic carbocycles. The SMILES string of the molecule is C=CC(=O)OCCOCCOC(C)COc1ccc(C(C)(C)c2ccc(OCCOC(=O)C(=C)C)cc2)cc1. The van der Waals surface area contributed by atoms with Gasteiger partial charge in [-0.3, -0.25) is 0 Å². The lowest BCUT2D eigenvalue weighted by Gasteiger charge is -2.26. The molecule has 1 atom stereocenters. The predicted molar refractivity (Wildman–Crippen MR) is 149 cm³/mol. The Bertz CT molecular complexity index is 1060. The van der Waals surface area contributed by atoms with Crippen LogP contribution in [0.25, 0.3) is 0 Å². The van der Waals surface area contributed by atoms with E-state index in [0.29, 0.717) is 37.8 Å². The summed E-state index contributed by atoms with van der Waals surface area (Å²) < 4.78 is 32.5. The molecule has 2 aromatic rings. The Kier molecular flexibility index (Phi) is 13.3. The van der Waals surface area contributed by atoms with Crippen LogP contribution in [0.1, 0.15) is 38.8 Å². The molecule has 8 heteroatoms. The molecule has 39 heavy (non-hydrogen) atoms. The second-order valence-corrected chi connectivity index (χ2v) is 9.41. The fourth-order valence-corrected chi connectivity index (χ4v) is 3.45. The Balaban J connectivity index is 1.73. The summed E-state index contributed by atoms with van der Waals surface area (Å²) in [4.78, 5) is 22.4. The van der Waals surface area contributed by atoms with E-state index < -0.39 is 11.9 Å². The van der Waals surface area contributed by atoms with Gasteiger partial charge in [-0.05, 0) is 49.2 Å². The molecule has 2 aromatic carbocycles. The largest absolute Gasteiger partial charge is 0.491 e. The zero-order valence-corrected chi connectivity index (χ0v) is 23.4. The first-order chi connectivity index (χ1) is 18.6. The van der Waals surface area contributed by atoms with E-state index >= 15 is 0 Å². The standard InChI is InChI=1S/C31H40O8/c1-7-29(32)37-19-17-34-16-18-35-24(4)22-39-28-14-10-26(11-15-28)31(5,6)25-8-12-27(13-9-25)36-20-21-38-30(33)23(2)3/h7-15,24H,1-2,16-22H2,3-6H3. The minimum absolute atomic E-state index is 0.109. The normalized spacial score (nSPS) is 11.8. The van der Waals surface area contributed by atoms with Crippen molar-refractivity contribution in [2.75, 3.05) is 46.2 Å². The molecule has 0 radical (unpaired) electrons. The number of benzene rings is 2. The van der Waals surface area contributed by atoms with Crippen LogP contribution in [0.2, 0.25) is 0 Å². The smallest absolute Gasteiger partial charge is 0.333 e. The van der Waals surface area contributed by atoms with E-state index in [1.807, 2.05) is 43.3 Å². The van der Waals surface area contributed by atoms with Gasteiger partial charge >= 0.3 is 11.9 Å². The summed E-state index contributed by atoms with van der Waals surface area (Å²) in [6.45, 7) is 16.9. The average Bonchev–Trinajstić information content (AvgIpc) is 2.93. The highest BCUT2D eigenvalue weighted by Crippen LogP contribution is 2.33. The molecule has 0 aliphatic heterocycles. The van der Waals surface area contributed by atoms with Crippen LogP contribution in [-0.4, -0.2) is 64.3 Å². The van der Waals surface area contributed by atoms with E-state index in [1.54, 1.807) is 6.92 Å². The second kappa shape index (κ2) is 16.4. The van der Waals surface area contributed by atoms with Gasteiger partial charge in [0.25, 0.3) is 0 Å². The molecular formula is C31H40O8. The van der Waals surface area contributed by atoms with Crippen molar-refractivity contribution >= 4 is 11.9 Å². The summed E-state index contributed by atoms with van der Waals surface area (Å²) in [6.07, 6.45) is 1.01. The lowest BCUT2D eigenvalue weighted by Crippen LogP contribution is -2.21. The van der Waals surface area contributed by atoms with E-state index in [2.05, 4.69) is 39.1 Å². The maximum atomic E-state index is 11.4. The summed E-state index contributed by atoms with van der Waals surface area (Å²) in [5.41, 5.74) is 2.43. The van der Waals surface area contributed by atoms with Gasteiger partial charge in [0.05, 0.1) is 25.9 Å². The highest BCUT2D eigenvalue weighted by Gasteiger charge is 2.23. The van der Waals surface area contributed by atoms with Crippen molar-refractivity contribution in [1.82, 2.24) is 0 Å². The molecular weight excluding hydrogens is 500 g/mol. The van der Waals surface area contributed by atoms with Crippen LogP contribution < -0.4 is 9.47 Å². The number of esters is 2. The molecule has 212 valence electrons. The fourth-order valence-electron chi connectivity index (χ4n) is 3.45. The first-order valence-electron chi connectivity index (χ1n) is 12.9. The van der Waals surface area contributed by atoms with E-state index in [0.717, 1.165) is 23.0 Å². The van der Waals surface area contributed by atoms with Crippen molar-refractivity contribution in [3.05, 3.63) is 84.5 Å². The van der Waals surface area contributed by atoms with Gasteiger partial charge in [0.2, 0.25) is 0 Å². The zero-order valence-electron chi connectivity index (χ0n) is 23.4. The van der Waals surface area contributed by atoms with E-state index in [4.69, 9.17) is 28.4 Å². The monoisotopic (exact) mass is 540 g/mol. The molecule has 0 amide bonds. The fraction of sp³-hybridized carbons (Fsp3) is 0.419. The van der Waals surface area contributed by atoms with Crippen LogP contribution >= 0.6 is 0 Å².